The Morgan fingerprint density at radius 3 is 2.29 bits per heavy atom. The van der Waals surface area contributed by atoms with Crippen LogP contribution in [0.25, 0.3) is 17.2 Å². The summed E-state index contributed by atoms with van der Waals surface area (Å²) in [6, 6.07) is 12.5. The van der Waals surface area contributed by atoms with E-state index in [2.05, 4.69) is 15.2 Å². The molecule has 11 heteroatoms. The average molecular weight is 519 g/mol. The van der Waals surface area contributed by atoms with E-state index in [4.69, 9.17) is 21.1 Å². The summed E-state index contributed by atoms with van der Waals surface area (Å²) in [7, 11) is -0.453. The van der Waals surface area contributed by atoms with Crippen LogP contribution in [0.3, 0.4) is 0 Å². The highest BCUT2D eigenvalue weighted by molar-refractivity contribution is 7.90. The van der Waals surface area contributed by atoms with E-state index < -0.39 is 9.84 Å². The van der Waals surface area contributed by atoms with Crippen LogP contribution >= 0.6 is 22.9 Å². The topological polar surface area (TPSA) is 96.2 Å². The summed E-state index contributed by atoms with van der Waals surface area (Å²) in [5.74, 6) is 1.29. The third-order valence-electron chi connectivity index (χ3n) is 5.17. The third-order valence-corrected chi connectivity index (χ3v) is 7.72. The van der Waals surface area contributed by atoms with Gasteiger partial charge in [0.15, 0.2) is 21.5 Å². The lowest BCUT2D eigenvalue weighted by Gasteiger charge is -2.17. The van der Waals surface area contributed by atoms with Crippen molar-refractivity contribution in [1.29, 1.82) is 0 Å². The van der Waals surface area contributed by atoms with Crippen molar-refractivity contribution in [2.75, 3.05) is 20.0 Å². The van der Waals surface area contributed by atoms with Crippen LogP contribution in [0.2, 0.25) is 5.02 Å². The molecule has 0 spiro atoms. The summed E-state index contributed by atoms with van der Waals surface area (Å²) in [5.41, 5.74) is 1.99. The minimum atomic E-state index is -3.53. The van der Waals surface area contributed by atoms with Crippen LogP contribution in [-0.4, -0.2) is 48.1 Å². The van der Waals surface area contributed by atoms with E-state index in [0.29, 0.717) is 40.1 Å². The fourth-order valence-corrected chi connectivity index (χ4v) is 5.51. The van der Waals surface area contributed by atoms with E-state index in [0.717, 1.165) is 10.6 Å². The number of ether oxygens (including phenoxy) is 2. The number of hydrogen-bond donors (Lipinski definition) is 0. The minimum Gasteiger partial charge on any atom is -0.494 e. The molecule has 2 aromatic heterocycles. The molecule has 0 saturated heterocycles. The maximum atomic E-state index is 13.1. The number of thiazole rings is 1. The molecule has 0 aliphatic rings. The maximum absolute atomic E-state index is 13.1. The molecular weight excluding hydrogens is 496 g/mol. The zero-order valence-corrected chi connectivity index (χ0v) is 21.2. The number of halogens is 1. The van der Waals surface area contributed by atoms with Crippen molar-refractivity contribution in [3.8, 4) is 28.7 Å². The highest BCUT2D eigenvalue weighted by Gasteiger charge is 2.26. The second-order valence-electron chi connectivity index (χ2n) is 7.51. The number of aryl methyl sites for hydroxylation is 2. The number of hydrogen-bond acceptors (Lipinski definition) is 8. The van der Waals surface area contributed by atoms with Crippen LogP contribution in [0.1, 0.15) is 16.4 Å². The number of methoxy groups -OCH3 is 2. The van der Waals surface area contributed by atoms with E-state index in [1.165, 1.54) is 25.6 Å². The van der Waals surface area contributed by atoms with Gasteiger partial charge in [0.1, 0.15) is 28.6 Å². The number of para-hydroxylation sites is 1. The molecule has 0 unspecified atom stereocenters. The van der Waals surface area contributed by atoms with Crippen molar-refractivity contribution in [2.24, 2.45) is 0 Å². The summed E-state index contributed by atoms with van der Waals surface area (Å²) in [4.78, 5) is 4.52. The Morgan fingerprint density at radius 1 is 1.03 bits per heavy atom. The minimum absolute atomic E-state index is 0.0459. The number of benzene rings is 2. The predicted octanol–water partition coefficient (Wildman–Crippen LogP) is 4.53. The van der Waals surface area contributed by atoms with Gasteiger partial charge in [0, 0.05) is 10.4 Å². The maximum Gasteiger partial charge on any atom is 0.188 e. The summed E-state index contributed by atoms with van der Waals surface area (Å²) in [6.45, 7) is 1.89. The van der Waals surface area contributed by atoms with E-state index in [1.54, 1.807) is 34.9 Å². The predicted molar refractivity (Wildman–Crippen MR) is 133 cm³/mol. The Bertz CT molecular complexity index is 1380. The first-order valence-electron chi connectivity index (χ1n) is 10.3. The van der Waals surface area contributed by atoms with Crippen LogP contribution in [0, 0.1) is 6.92 Å². The fourth-order valence-electron chi connectivity index (χ4n) is 3.52. The Hall–Kier alpha value is -2.95. The van der Waals surface area contributed by atoms with E-state index >= 15 is 0 Å². The second kappa shape index (κ2) is 10.1. The molecule has 8 nitrogen and oxygen atoms in total. The largest absolute Gasteiger partial charge is 0.494 e. The van der Waals surface area contributed by atoms with E-state index in [-0.39, 0.29) is 17.3 Å². The van der Waals surface area contributed by atoms with E-state index in [1.807, 2.05) is 24.4 Å². The van der Waals surface area contributed by atoms with Crippen LogP contribution in [0.4, 0.5) is 0 Å². The van der Waals surface area contributed by atoms with Gasteiger partial charge in [-0.25, -0.2) is 13.4 Å². The van der Waals surface area contributed by atoms with Gasteiger partial charge in [0.25, 0.3) is 0 Å². The molecule has 0 saturated carbocycles. The zero-order chi connectivity index (χ0) is 24.3. The summed E-state index contributed by atoms with van der Waals surface area (Å²) >= 11 is 7.40. The van der Waals surface area contributed by atoms with Crippen molar-refractivity contribution in [3.05, 3.63) is 69.3 Å². The van der Waals surface area contributed by atoms with Crippen LogP contribution < -0.4 is 9.47 Å². The quantitative estimate of drug-likeness (QED) is 0.321. The normalized spacial score (nSPS) is 11.5. The third kappa shape index (κ3) is 5.24. The molecule has 34 heavy (non-hydrogen) atoms. The molecule has 4 aromatic rings. The number of rotatable bonds is 9. The van der Waals surface area contributed by atoms with E-state index in [9.17, 15) is 8.42 Å². The molecule has 0 radical (unpaired) electrons. The number of nitrogens with zero attached hydrogens (tertiary/aromatic N) is 4. The second-order valence-corrected chi connectivity index (χ2v) is 11.2. The van der Waals surface area contributed by atoms with Crippen molar-refractivity contribution in [2.45, 2.75) is 19.1 Å². The molecule has 0 atom stereocenters. The molecule has 2 heterocycles. The first-order valence-corrected chi connectivity index (χ1v) is 13.4. The molecule has 178 valence electrons. The van der Waals surface area contributed by atoms with Crippen molar-refractivity contribution < 1.29 is 17.9 Å². The first kappa shape index (κ1) is 24.2. The summed E-state index contributed by atoms with van der Waals surface area (Å²) < 4.78 is 39.0. The highest BCUT2D eigenvalue weighted by atomic mass is 35.5. The summed E-state index contributed by atoms with van der Waals surface area (Å²) in [6.07, 6.45) is 0.365. The standard InChI is InChI=1S/C23H23ClN4O4S2/c1-15-25-18(13-33-15)23-27-26-21(28(23)22-19(31-2)5-4-6-20(22)32-3)14-34(29,30)12-11-16-7-9-17(24)10-8-16/h4-10,13H,11-12,14H2,1-3H3. The van der Waals surface area contributed by atoms with Crippen molar-refractivity contribution in [3.63, 3.8) is 0 Å². The smallest absolute Gasteiger partial charge is 0.188 e. The Labute approximate surface area is 207 Å². The molecule has 2 aromatic carbocycles. The molecule has 0 aliphatic carbocycles. The van der Waals surface area contributed by atoms with Crippen LogP contribution in [0.5, 0.6) is 11.5 Å². The van der Waals surface area contributed by atoms with Gasteiger partial charge in [-0.15, -0.1) is 21.5 Å². The van der Waals surface area contributed by atoms with Gasteiger partial charge in [-0.2, -0.15) is 0 Å². The molecule has 0 fully saturated rings. The van der Waals surface area contributed by atoms with Gasteiger partial charge in [-0.3, -0.25) is 4.57 Å². The monoisotopic (exact) mass is 518 g/mol. The Morgan fingerprint density at radius 2 is 1.71 bits per heavy atom. The van der Waals surface area contributed by atoms with Gasteiger partial charge < -0.3 is 9.47 Å². The highest BCUT2D eigenvalue weighted by Crippen LogP contribution is 2.36. The van der Waals surface area contributed by atoms with Crippen molar-refractivity contribution in [1.82, 2.24) is 19.7 Å². The number of aromatic nitrogens is 4. The van der Waals surface area contributed by atoms with Crippen LogP contribution in [-0.2, 0) is 22.0 Å². The van der Waals surface area contributed by atoms with Gasteiger partial charge >= 0.3 is 0 Å². The van der Waals surface area contributed by atoms with Gasteiger partial charge in [0.05, 0.1) is 25.0 Å². The van der Waals surface area contributed by atoms with Crippen molar-refractivity contribution >= 4 is 32.8 Å². The molecular formula is C23H23ClN4O4S2. The average Bonchev–Trinajstić information content (AvgIpc) is 3.43. The lowest BCUT2D eigenvalue weighted by Crippen LogP contribution is -2.16. The van der Waals surface area contributed by atoms with Gasteiger partial charge in [-0.05, 0) is 43.2 Å². The fraction of sp³-hybridized carbons (Fsp3) is 0.261. The van der Waals surface area contributed by atoms with Crippen LogP contribution in [0.15, 0.2) is 47.8 Å². The Kier molecular flexibility index (Phi) is 7.20. The molecule has 4 rings (SSSR count). The molecule has 0 bridgehead atoms. The Balaban J connectivity index is 1.75. The lowest BCUT2D eigenvalue weighted by molar-refractivity contribution is 0.390. The van der Waals surface area contributed by atoms with Gasteiger partial charge in [-0.1, -0.05) is 29.8 Å². The first-order chi connectivity index (χ1) is 16.3. The van der Waals surface area contributed by atoms with Gasteiger partial charge in [0.2, 0.25) is 0 Å². The lowest BCUT2D eigenvalue weighted by atomic mass is 10.2. The molecule has 0 amide bonds. The summed E-state index contributed by atoms with van der Waals surface area (Å²) in [5, 5.41) is 11.9. The molecule has 0 N–H and O–H groups in total. The zero-order valence-electron chi connectivity index (χ0n) is 18.9. The molecule has 0 aliphatic heterocycles. The SMILES string of the molecule is COc1cccc(OC)c1-n1c(CS(=O)(=O)CCc2ccc(Cl)cc2)nnc1-c1csc(C)n1. The number of sulfone groups is 1.